The normalized spacial score (nSPS) is 25.9. The first-order valence-corrected chi connectivity index (χ1v) is 8.08. The van der Waals surface area contributed by atoms with Crippen LogP contribution >= 0.6 is 11.6 Å². The van der Waals surface area contributed by atoms with E-state index in [1.807, 2.05) is 0 Å². The minimum atomic E-state index is -0.109. The van der Waals surface area contributed by atoms with Crippen LogP contribution in [0.4, 0.5) is 0 Å². The Kier molecular flexibility index (Phi) is 4.58. The van der Waals surface area contributed by atoms with Crippen LogP contribution in [0.5, 0.6) is 0 Å². The van der Waals surface area contributed by atoms with Crippen LogP contribution in [0.25, 0.3) is 0 Å². The fourth-order valence-corrected chi connectivity index (χ4v) is 4.02. The molecule has 2 saturated carbocycles. The van der Waals surface area contributed by atoms with E-state index >= 15 is 0 Å². The molecule has 2 aliphatic rings. The number of carbonyl (C=O) groups is 1. The molecule has 2 fully saturated rings. The van der Waals surface area contributed by atoms with Gasteiger partial charge in [0, 0.05) is 11.3 Å². The molecule has 3 heteroatoms. The zero-order valence-corrected chi connectivity index (χ0v) is 12.3. The molecule has 2 rings (SSSR count). The predicted molar refractivity (Wildman–Crippen MR) is 75.9 cm³/mol. The average Bonchev–Trinajstić information content (AvgIpc) is 2.90. The van der Waals surface area contributed by atoms with Crippen molar-refractivity contribution in [1.29, 1.82) is 0 Å². The van der Waals surface area contributed by atoms with E-state index < -0.39 is 0 Å². The summed E-state index contributed by atoms with van der Waals surface area (Å²) in [6.07, 6.45) is 11.3. The van der Waals surface area contributed by atoms with E-state index in [1.165, 1.54) is 32.1 Å². The zero-order chi connectivity index (χ0) is 13.1. The maximum absolute atomic E-state index is 12.7. The second-order valence-electron chi connectivity index (χ2n) is 6.27. The van der Waals surface area contributed by atoms with Crippen molar-refractivity contribution in [3.63, 3.8) is 0 Å². The zero-order valence-electron chi connectivity index (χ0n) is 11.6. The molecule has 0 radical (unpaired) electrons. The van der Waals surface area contributed by atoms with E-state index in [4.69, 9.17) is 11.6 Å². The number of amides is 1. The maximum atomic E-state index is 12.7. The summed E-state index contributed by atoms with van der Waals surface area (Å²) in [5.41, 5.74) is -0.196. The summed E-state index contributed by atoms with van der Waals surface area (Å²) in [5, 5.41) is 3.34. The number of halogens is 1. The van der Waals surface area contributed by atoms with Crippen molar-refractivity contribution in [3.8, 4) is 0 Å². The van der Waals surface area contributed by atoms with Gasteiger partial charge in [0.25, 0.3) is 0 Å². The van der Waals surface area contributed by atoms with Gasteiger partial charge >= 0.3 is 0 Å². The maximum Gasteiger partial charge on any atom is 0.226 e. The molecule has 104 valence electrons. The van der Waals surface area contributed by atoms with Crippen LogP contribution in [0.15, 0.2) is 0 Å². The molecule has 18 heavy (non-hydrogen) atoms. The van der Waals surface area contributed by atoms with Crippen LogP contribution in [-0.4, -0.2) is 17.3 Å². The Labute approximate surface area is 116 Å². The van der Waals surface area contributed by atoms with E-state index in [9.17, 15) is 4.79 Å². The number of alkyl halides is 1. The first-order valence-electron chi connectivity index (χ1n) is 7.55. The van der Waals surface area contributed by atoms with Crippen LogP contribution < -0.4 is 5.32 Å². The standard InChI is InChI=1S/C15H26ClNO/c1-2-14(8-6-7-9-14)13(18)17-15(12-16)10-4-3-5-11-15/h2-12H2,1H3,(H,17,18). The van der Waals surface area contributed by atoms with Gasteiger partial charge in [-0.15, -0.1) is 11.6 Å². The summed E-state index contributed by atoms with van der Waals surface area (Å²) >= 11 is 6.16. The van der Waals surface area contributed by atoms with Gasteiger partial charge in [-0.05, 0) is 32.1 Å². The van der Waals surface area contributed by atoms with E-state index in [0.717, 1.165) is 32.1 Å². The van der Waals surface area contributed by atoms with Crippen molar-refractivity contribution in [2.24, 2.45) is 5.41 Å². The number of hydrogen-bond acceptors (Lipinski definition) is 1. The first kappa shape index (κ1) is 14.2. The molecule has 0 aromatic rings. The second kappa shape index (κ2) is 5.81. The predicted octanol–water partition coefficient (Wildman–Crippen LogP) is 4.01. The molecule has 1 amide bonds. The highest BCUT2D eigenvalue weighted by molar-refractivity contribution is 6.18. The van der Waals surface area contributed by atoms with E-state index in [0.29, 0.717) is 5.88 Å². The van der Waals surface area contributed by atoms with E-state index in [1.54, 1.807) is 0 Å². The lowest BCUT2D eigenvalue weighted by atomic mass is 9.78. The van der Waals surface area contributed by atoms with Crippen LogP contribution in [0.3, 0.4) is 0 Å². The number of hydrogen-bond donors (Lipinski definition) is 1. The van der Waals surface area contributed by atoms with Crippen LogP contribution in [0.2, 0.25) is 0 Å². The third-order valence-electron chi connectivity index (χ3n) is 5.16. The Hall–Kier alpha value is -0.240. The molecule has 0 aromatic carbocycles. The van der Waals surface area contributed by atoms with Gasteiger partial charge in [-0.25, -0.2) is 0 Å². The Morgan fingerprint density at radius 2 is 1.61 bits per heavy atom. The van der Waals surface area contributed by atoms with Gasteiger partial charge in [-0.2, -0.15) is 0 Å². The summed E-state index contributed by atoms with van der Waals surface area (Å²) in [6, 6.07) is 0. The lowest BCUT2D eigenvalue weighted by Crippen LogP contribution is -2.55. The molecule has 0 atom stereocenters. The largest absolute Gasteiger partial charge is 0.349 e. The van der Waals surface area contributed by atoms with Gasteiger partial charge in [0.05, 0.1) is 5.54 Å². The highest BCUT2D eigenvalue weighted by Crippen LogP contribution is 2.42. The van der Waals surface area contributed by atoms with Gasteiger partial charge < -0.3 is 5.32 Å². The lowest BCUT2D eigenvalue weighted by Gasteiger charge is -2.39. The Morgan fingerprint density at radius 1 is 1.06 bits per heavy atom. The minimum Gasteiger partial charge on any atom is -0.349 e. The molecule has 0 saturated heterocycles. The van der Waals surface area contributed by atoms with Crippen LogP contribution in [0, 0.1) is 5.41 Å². The first-order chi connectivity index (χ1) is 8.66. The number of nitrogens with one attached hydrogen (secondary N) is 1. The molecule has 0 aromatic heterocycles. The highest BCUT2D eigenvalue weighted by Gasteiger charge is 2.43. The quantitative estimate of drug-likeness (QED) is 0.769. The third-order valence-corrected chi connectivity index (χ3v) is 5.68. The van der Waals surface area contributed by atoms with Crippen molar-refractivity contribution in [2.45, 2.75) is 76.7 Å². The average molecular weight is 272 g/mol. The molecular weight excluding hydrogens is 246 g/mol. The summed E-state index contributed by atoms with van der Waals surface area (Å²) in [4.78, 5) is 12.7. The summed E-state index contributed by atoms with van der Waals surface area (Å²) in [7, 11) is 0. The van der Waals surface area contributed by atoms with Crippen molar-refractivity contribution < 1.29 is 4.79 Å². The molecule has 0 spiro atoms. The fourth-order valence-electron chi connectivity index (χ4n) is 3.69. The lowest BCUT2D eigenvalue weighted by molar-refractivity contribution is -0.133. The Balaban J connectivity index is 2.04. The molecule has 0 aliphatic heterocycles. The van der Waals surface area contributed by atoms with Crippen LogP contribution in [0.1, 0.15) is 71.1 Å². The fraction of sp³-hybridized carbons (Fsp3) is 0.933. The summed E-state index contributed by atoms with van der Waals surface area (Å²) in [5.74, 6) is 0.850. The molecular formula is C15H26ClNO. The number of rotatable bonds is 4. The van der Waals surface area contributed by atoms with E-state index in [-0.39, 0.29) is 16.9 Å². The van der Waals surface area contributed by atoms with Crippen LogP contribution in [-0.2, 0) is 4.79 Å². The molecule has 2 nitrogen and oxygen atoms in total. The van der Waals surface area contributed by atoms with Crippen molar-refractivity contribution in [2.75, 3.05) is 5.88 Å². The molecule has 2 aliphatic carbocycles. The van der Waals surface area contributed by atoms with Gasteiger partial charge in [0.15, 0.2) is 0 Å². The third kappa shape index (κ3) is 2.68. The molecule has 1 N–H and O–H groups in total. The Morgan fingerprint density at radius 3 is 2.11 bits per heavy atom. The summed E-state index contributed by atoms with van der Waals surface area (Å²) in [6.45, 7) is 2.15. The highest BCUT2D eigenvalue weighted by atomic mass is 35.5. The minimum absolute atomic E-state index is 0.0868. The van der Waals surface area contributed by atoms with Gasteiger partial charge in [-0.1, -0.05) is 39.0 Å². The monoisotopic (exact) mass is 271 g/mol. The van der Waals surface area contributed by atoms with E-state index in [2.05, 4.69) is 12.2 Å². The Bertz CT molecular complexity index is 291. The number of carbonyl (C=O) groups excluding carboxylic acids is 1. The van der Waals surface area contributed by atoms with Gasteiger partial charge in [0.2, 0.25) is 5.91 Å². The van der Waals surface area contributed by atoms with Gasteiger partial charge in [0.1, 0.15) is 0 Å². The smallest absolute Gasteiger partial charge is 0.226 e. The van der Waals surface area contributed by atoms with Crippen molar-refractivity contribution in [1.82, 2.24) is 5.32 Å². The second-order valence-corrected chi connectivity index (χ2v) is 6.54. The van der Waals surface area contributed by atoms with Gasteiger partial charge in [-0.3, -0.25) is 4.79 Å². The molecule has 0 unspecified atom stereocenters. The molecule has 0 bridgehead atoms. The van der Waals surface area contributed by atoms with Crippen molar-refractivity contribution in [3.05, 3.63) is 0 Å². The molecule has 0 heterocycles. The summed E-state index contributed by atoms with van der Waals surface area (Å²) < 4.78 is 0. The topological polar surface area (TPSA) is 29.1 Å². The SMILES string of the molecule is CCC1(C(=O)NC2(CCl)CCCCC2)CCCC1. The van der Waals surface area contributed by atoms with Crippen molar-refractivity contribution >= 4 is 17.5 Å².